The maximum Gasteiger partial charge on any atom is 0.489 e. The van der Waals surface area contributed by atoms with Crippen molar-refractivity contribution in [3.63, 3.8) is 0 Å². The van der Waals surface area contributed by atoms with Crippen LogP contribution < -0.4 is 10.2 Å². The molecule has 0 unspecified atom stereocenters. The summed E-state index contributed by atoms with van der Waals surface area (Å²) in [5, 5.41) is 26.3. The Hall–Kier alpha value is -1.86. The van der Waals surface area contributed by atoms with Crippen LogP contribution >= 0.6 is 0 Å². The summed E-state index contributed by atoms with van der Waals surface area (Å²) >= 11 is 0. The van der Waals surface area contributed by atoms with Gasteiger partial charge in [-0.15, -0.1) is 0 Å². The number of aliphatic carboxylic acids is 1. The van der Waals surface area contributed by atoms with E-state index in [1.54, 1.807) is 0 Å². The zero-order valence-corrected chi connectivity index (χ0v) is 8.16. The number of carbonyl (C=O) groups is 2. The molecule has 0 aliphatic heterocycles. The number of hydrogen-bond donors (Lipinski definition) is 3. The molecule has 1 aromatic rings. The third-order valence-electron chi connectivity index (χ3n) is 1.85. The van der Waals surface area contributed by atoms with Crippen LogP contribution in [0.15, 0.2) is 18.2 Å². The van der Waals surface area contributed by atoms with Crippen molar-refractivity contribution < 1.29 is 29.5 Å². The number of carboxylic acid groups (broad SMARTS) is 1. The lowest BCUT2D eigenvalue weighted by atomic mass is 9.77. The Balaban J connectivity index is 3.04. The van der Waals surface area contributed by atoms with Crippen molar-refractivity contribution in [1.29, 1.82) is 0 Å². The Morgan fingerprint density at radius 3 is 2.62 bits per heavy atom. The van der Waals surface area contributed by atoms with Gasteiger partial charge in [0.05, 0.1) is 5.56 Å². The van der Waals surface area contributed by atoms with Gasteiger partial charge < -0.3 is 19.9 Å². The molecule has 1 aromatic carbocycles. The zero-order chi connectivity index (χ0) is 12.1. The van der Waals surface area contributed by atoms with Gasteiger partial charge in [-0.05, 0) is 11.5 Å². The van der Waals surface area contributed by atoms with Crippen molar-refractivity contribution in [2.75, 3.05) is 6.61 Å². The fourth-order valence-corrected chi connectivity index (χ4v) is 1.18. The van der Waals surface area contributed by atoms with Gasteiger partial charge in [0, 0.05) is 0 Å². The standard InChI is InChI=1S/C9H9BO6/c11-4-6-7(10(14)15)2-1-3-8(6)16-5-9(12)13/h1-4,14-15H,5H2,(H,12,13). The highest BCUT2D eigenvalue weighted by molar-refractivity contribution is 6.60. The van der Waals surface area contributed by atoms with Gasteiger partial charge in [0.2, 0.25) is 0 Å². The number of aldehydes is 1. The molecule has 0 fully saturated rings. The molecule has 0 bridgehead atoms. The molecule has 16 heavy (non-hydrogen) atoms. The lowest BCUT2D eigenvalue weighted by molar-refractivity contribution is -0.139. The summed E-state index contributed by atoms with van der Waals surface area (Å²) in [4.78, 5) is 21.0. The summed E-state index contributed by atoms with van der Waals surface area (Å²) < 4.78 is 4.83. The molecule has 0 aliphatic carbocycles. The molecular weight excluding hydrogens is 215 g/mol. The summed E-state index contributed by atoms with van der Waals surface area (Å²) in [6, 6.07) is 4.14. The van der Waals surface area contributed by atoms with Crippen LogP contribution in [0.3, 0.4) is 0 Å². The average Bonchev–Trinajstić information content (AvgIpc) is 2.25. The van der Waals surface area contributed by atoms with E-state index in [9.17, 15) is 9.59 Å². The van der Waals surface area contributed by atoms with Crippen LogP contribution in [0.5, 0.6) is 5.75 Å². The SMILES string of the molecule is O=Cc1c(OCC(=O)O)cccc1B(O)O. The third-order valence-corrected chi connectivity index (χ3v) is 1.85. The lowest BCUT2D eigenvalue weighted by Crippen LogP contribution is -2.33. The van der Waals surface area contributed by atoms with Crippen LogP contribution in [0, 0.1) is 0 Å². The van der Waals surface area contributed by atoms with Crippen LogP contribution in [0.2, 0.25) is 0 Å². The predicted octanol–water partition coefficient (Wildman–Crippen LogP) is -1.36. The minimum atomic E-state index is -1.81. The van der Waals surface area contributed by atoms with Crippen LogP contribution in [-0.2, 0) is 4.79 Å². The quantitative estimate of drug-likeness (QED) is 0.421. The molecule has 0 amide bonds. The van der Waals surface area contributed by atoms with Gasteiger partial charge in [0.15, 0.2) is 12.9 Å². The zero-order valence-electron chi connectivity index (χ0n) is 8.16. The van der Waals surface area contributed by atoms with Crippen molar-refractivity contribution in [2.45, 2.75) is 0 Å². The van der Waals surface area contributed by atoms with Gasteiger partial charge in [0.1, 0.15) is 5.75 Å². The van der Waals surface area contributed by atoms with Gasteiger partial charge in [-0.1, -0.05) is 12.1 Å². The number of ether oxygens (including phenoxy) is 1. The Bertz CT molecular complexity index is 403. The van der Waals surface area contributed by atoms with Gasteiger partial charge in [-0.2, -0.15) is 0 Å². The van der Waals surface area contributed by atoms with E-state index < -0.39 is 19.7 Å². The molecule has 0 aliphatic rings. The monoisotopic (exact) mass is 224 g/mol. The maximum atomic E-state index is 10.7. The van der Waals surface area contributed by atoms with Crippen molar-refractivity contribution in [3.05, 3.63) is 23.8 Å². The second-order valence-corrected chi connectivity index (χ2v) is 2.93. The Morgan fingerprint density at radius 2 is 2.12 bits per heavy atom. The molecule has 0 spiro atoms. The molecular formula is C9H9BO6. The third kappa shape index (κ3) is 2.82. The molecule has 0 saturated heterocycles. The number of hydrogen-bond acceptors (Lipinski definition) is 5. The first-order valence-corrected chi connectivity index (χ1v) is 4.35. The molecule has 1 rings (SSSR count). The Labute approximate surface area is 91.2 Å². The molecule has 6 nitrogen and oxygen atoms in total. The van der Waals surface area contributed by atoms with Crippen molar-refractivity contribution in [2.24, 2.45) is 0 Å². The summed E-state index contributed by atoms with van der Waals surface area (Å²) in [6.45, 7) is -0.605. The summed E-state index contributed by atoms with van der Waals surface area (Å²) in [7, 11) is -1.81. The van der Waals surface area contributed by atoms with Gasteiger partial charge in [-0.3, -0.25) is 4.79 Å². The molecule has 0 atom stereocenters. The minimum absolute atomic E-state index is 0.00278. The fraction of sp³-hybridized carbons (Fsp3) is 0.111. The highest BCUT2D eigenvalue weighted by Crippen LogP contribution is 2.14. The van der Waals surface area contributed by atoms with Gasteiger partial charge in [-0.25, -0.2) is 4.79 Å². The molecule has 0 aromatic heterocycles. The van der Waals surface area contributed by atoms with E-state index in [4.69, 9.17) is 19.9 Å². The van der Waals surface area contributed by atoms with E-state index in [0.29, 0.717) is 6.29 Å². The number of carbonyl (C=O) groups excluding carboxylic acids is 1. The average molecular weight is 224 g/mol. The summed E-state index contributed by atoms with van der Waals surface area (Å²) in [5.74, 6) is -1.19. The van der Waals surface area contributed by atoms with Crippen molar-refractivity contribution >= 4 is 24.8 Å². The molecule has 84 valence electrons. The molecule has 0 heterocycles. The maximum absolute atomic E-state index is 10.7. The predicted molar refractivity (Wildman–Crippen MR) is 54.8 cm³/mol. The van der Waals surface area contributed by atoms with E-state index in [2.05, 4.69) is 0 Å². The van der Waals surface area contributed by atoms with Crippen LogP contribution in [-0.4, -0.2) is 41.1 Å². The van der Waals surface area contributed by atoms with E-state index >= 15 is 0 Å². The molecule has 0 radical (unpaired) electrons. The number of carboxylic acids is 1. The first-order valence-electron chi connectivity index (χ1n) is 4.35. The molecule has 0 saturated carbocycles. The highest BCUT2D eigenvalue weighted by Gasteiger charge is 2.19. The Morgan fingerprint density at radius 1 is 1.44 bits per heavy atom. The largest absolute Gasteiger partial charge is 0.489 e. The van der Waals surface area contributed by atoms with Gasteiger partial charge >= 0.3 is 13.1 Å². The van der Waals surface area contributed by atoms with Gasteiger partial charge in [0.25, 0.3) is 0 Å². The smallest absolute Gasteiger partial charge is 0.481 e. The van der Waals surface area contributed by atoms with Crippen molar-refractivity contribution in [1.82, 2.24) is 0 Å². The van der Waals surface area contributed by atoms with Crippen LogP contribution in [0.1, 0.15) is 10.4 Å². The second-order valence-electron chi connectivity index (χ2n) is 2.93. The van der Waals surface area contributed by atoms with E-state index in [1.807, 2.05) is 0 Å². The first-order chi connectivity index (χ1) is 7.56. The highest BCUT2D eigenvalue weighted by atomic mass is 16.5. The topological polar surface area (TPSA) is 104 Å². The fourth-order valence-electron chi connectivity index (χ4n) is 1.18. The van der Waals surface area contributed by atoms with Crippen LogP contribution in [0.25, 0.3) is 0 Å². The molecule has 7 heteroatoms. The summed E-state index contributed by atoms with van der Waals surface area (Å²) in [5.41, 5.74) is -0.100. The van der Waals surface area contributed by atoms with Crippen molar-refractivity contribution in [3.8, 4) is 5.75 Å². The van der Waals surface area contributed by atoms with E-state index in [0.717, 1.165) is 0 Å². The Kier molecular flexibility index (Phi) is 4.04. The number of benzene rings is 1. The molecule has 3 N–H and O–H groups in total. The van der Waals surface area contributed by atoms with E-state index in [-0.39, 0.29) is 16.8 Å². The number of rotatable bonds is 5. The van der Waals surface area contributed by atoms with E-state index in [1.165, 1.54) is 18.2 Å². The second kappa shape index (κ2) is 5.29. The normalized spacial score (nSPS) is 9.62. The first kappa shape index (κ1) is 12.2. The van der Waals surface area contributed by atoms with Crippen LogP contribution in [0.4, 0.5) is 0 Å². The lowest BCUT2D eigenvalue weighted by Gasteiger charge is -2.09. The summed E-state index contributed by atoms with van der Waals surface area (Å²) in [6.07, 6.45) is 0.381. The minimum Gasteiger partial charge on any atom is -0.481 e.